The molecule has 3 nitrogen and oxygen atoms in total. The van der Waals surface area contributed by atoms with Gasteiger partial charge in [-0.3, -0.25) is 4.79 Å². The van der Waals surface area contributed by atoms with E-state index in [1.54, 1.807) is 6.07 Å². The summed E-state index contributed by atoms with van der Waals surface area (Å²) in [5.41, 5.74) is 5.81. The van der Waals surface area contributed by atoms with Crippen molar-refractivity contribution < 1.29 is 14.3 Å². The van der Waals surface area contributed by atoms with Gasteiger partial charge in [0.1, 0.15) is 5.82 Å². The summed E-state index contributed by atoms with van der Waals surface area (Å²) in [6.07, 6.45) is -0.0809. The Balaban J connectivity index is 2.76. The topological polar surface area (TPSA) is 63.3 Å². The lowest BCUT2D eigenvalue weighted by molar-refractivity contribution is -0.137. The summed E-state index contributed by atoms with van der Waals surface area (Å²) in [4.78, 5) is 10.4. The zero-order valence-corrected chi connectivity index (χ0v) is 8.67. The third-order valence-electron chi connectivity index (χ3n) is 1.96. The molecule has 1 aromatic rings. The maximum Gasteiger partial charge on any atom is 0.304 e. The Kier molecular flexibility index (Phi) is 4.05. The van der Waals surface area contributed by atoms with E-state index >= 15 is 0 Å². The second-order valence-corrected chi connectivity index (χ2v) is 3.67. The van der Waals surface area contributed by atoms with Crippen LogP contribution in [0, 0.1) is 5.82 Å². The van der Waals surface area contributed by atoms with Gasteiger partial charge in [0.05, 0.1) is 6.42 Å². The van der Waals surface area contributed by atoms with Gasteiger partial charge in [-0.2, -0.15) is 0 Å². The molecule has 1 unspecified atom stereocenters. The van der Waals surface area contributed by atoms with E-state index in [2.05, 4.69) is 0 Å². The van der Waals surface area contributed by atoms with Gasteiger partial charge < -0.3 is 10.8 Å². The highest BCUT2D eigenvalue weighted by Gasteiger charge is 2.13. The molecule has 0 spiro atoms. The third-order valence-corrected chi connectivity index (χ3v) is 2.32. The van der Waals surface area contributed by atoms with Crippen LogP contribution in [0.25, 0.3) is 0 Å². The second-order valence-electron chi connectivity index (χ2n) is 3.26. The van der Waals surface area contributed by atoms with Gasteiger partial charge in [0.15, 0.2) is 0 Å². The summed E-state index contributed by atoms with van der Waals surface area (Å²) in [5, 5.41) is 8.77. The van der Waals surface area contributed by atoms with E-state index < -0.39 is 17.8 Å². The minimum absolute atomic E-state index is 0.123. The molecule has 82 valence electrons. The van der Waals surface area contributed by atoms with E-state index in [1.807, 2.05) is 0 Å². The van der Waals surface area contributed by atoms with Crippen molar-refractivity contribution in [3.8, 4) is 0 Å². The van der Waals surface area contributed by atoms with Crippen LogP contribution in [-0.2, 0) is 11.2 Å². The lowest BCUT2D eigenvalue weighted by Crippen LogP contribution is -2.26. The molecule has 0 bridgehead atoms. The summed E-state index contributed by atoms with van der Waals surface area (Å²) in [6, 6.07) is 3.68. The van der Waals surface area contributed by atoms with Gasteiger partial charge >= 0.3 is 5.97 Å². The quantitative estimate of drug-likeness (QED) is 0.831. The molecule has 1 rings (SSSR count). The van der Waals surface area contributed by atoms with Crippen molar-refractivity contribution in [3.05, 3.63) is 34.6 Å². The Morgan fingerprint density at radius 2 is 2.27 bits per heavy atom. The Labute approximate surface area is 91.7 Å². The highest BCUT2D eigenvalue weighted by Crippen LogP contribution is 2.20. The molecule has 0 radical (unpaired) electrons. The molecule has 0 aromatic heterocycles. The van der Waals surface area contributed by atoms with Crippen LogP contribution in [0.15, 0.2) is 18.2 Å². The smallest absolute Gasteiger partial charge is 0.304 e. The van der Waals surface area contributed by atoms with E-state index in [0.717, 1.165) is 0 Å². The first-order valence-electron chi connectivity index (χ1n) is 4.41. The molecular weight excluding hydrogens is 221 g/mol. The fourth-order valence-corrected chi connectivity index (χ4v) is 1.53. The van der Waals surface area contributed by atoms with Crippen molar-refractivity contribution >= 4 is 17.6 Å². The Hall–Kier alpha value is -1.13. The highest BCUT2D eigenvalue weighted by molar-refractivity contribution is 6.31. The number of rotatable bonds is 4. The van der Waals surface area contributed by atoms with Crippen LogP contribution in [0.5, 0.6) is 0 Å². The SMILES string of the molecule is NC(CC(=O)O)Cc1c(F)cccc1Cl. The van der Waals surface area contributed by atoms with Crippen molar-refractivity contribution in [2.45, 2.75) is 18.9 Å². The van der Waals surface area contributed by atoms with Crippen LogP contribution in [0.2, 0.25) is 5.02 Å². The number of benzene rings is 1. The summed E-state index contributed by atoms with van der Waals surface area (Å²) in [7, 11) is 0. The molecule has 3 N–H and O–H groups in total. The maximum absolute atomic E-state index is 13.3. The van der Waals surface area contributed by atoms with Crippen LogP contribution in [0.1, 0.15) is 12.0 Å². The maximum atomic E-state index is 13.3. The number of carbonyl (C=O) groups is 1. The number of aliphatic carboxylic acids is 1. The minimum Gasteiger partial charge on any atom is -0.481 e. The molecule has 1 aromatic carbocycles. The van der Waals surface area contributed by atoms with Gasteiger partial charge in [0.2, 0.25) is 0 Å². The number of hydrogen-bond acceptors (Lipinski definition) is 2. The van der Waals surface area contributed by atoms with E-state index in [4.69, 9.17) is 22.4 Å². The predicted molar refractivity (Wildman–Crippen MR) is 55.3 cm³/mol. The van der Waals surface area contributed by atoms with E-state index in [1.165, 1.54) is 12.1 Å². The fraction of sp³-hybridized carbons (Fsp3) is 0.300. The third kappa shape index (κ3) is 3.49. The molecular formula is C10H11ClFNO2. The standard InChI is InChI=1S/C10H11ClFNO2/c11-8-2-1-3-9(12)7(8)4-6(13)5-10(14)15/h1-3,6H,4-5,13H2,(H,14,15). The van der Waals surface area contributed by atoms with Gasteiger partial charge in [0.25, 0.3) is 0 Å². The van der Waals surface area contributed by atoms with Gasteiger partial charge in [-0.1, -0.05) is 17.7 Å². The number of carboxylic acids is 1. The first kappa shape index (κ1) is 11.9. The lowest BCUT2D eigenvalue weighted by atomic mass is 10.0. The fourth-order valence-electron chi connectivity index (χ4n) is 1.29. The largest absolute Gasteiger partial charge is 0.481 e. The first-order chi connectivity index (χ1) is 7.00. The second kappa shape index (κ2) is 5.09. The van der Waals surface area contributed by atoms with Crippen LogP contribution in [-0.4, -0.2) is 17.1 Å². The average Bonchev–Trinajstić information content (AvgIpc) is 2.10. The minimum atomic E-state index is -1.00. The molecule has 0 amide bonds. The highest BCUT2D eigenvalue weighted by atomic mass is 35.5. The summed E-state index contributed by atoms with van der Waals surface area (Å²) < 4.78 is 13.3. The van der Waals surface area contributed by atoms with Crippen LogP contribution >= 0.6 is 11.6 Å². The number of nitrogens with two attached hydrogens (primary N) is 1. The van der Waals surface area contributed by atoms with Gasteiger partial charge in [-0.25, -0.2) is 4.39 Å². The van der Waals surface area contributed by atoms with E-state index in [9.17, 15) is 9.18 Å². The molecule has 0 aliphatic rings. The first-order valence-corrected chi connectivity index (χ1v) is 4.78. The van der Waals surface area contributed by atoms with Gasteiger partial charge in [0, 0.05) is 16.6 Å². The lowest BCUT2D eigenvalue weighted by Gasteiger charge is -2.10. The molecule has 0 saturated heterocycles. The molecule has 15 heavy (non-hydrogen) atoms. The van der Waals surface area contributed by atoms with Crippen LogP contribution < -0.4 is 5.73 Å². The van der Waals surface area contributed by atoms with E-state index in [-0.39, 0.29) is 23.4 Å². The Bertz CT molecular complexity index is 350. The number of halogens is 2. The van der Waals surface area contributed by atoms with Gasteiger partial charge in [-0.15, -0.1) is 0 Å². The normalized spacial score (nSPS) is 12.5. The predicted octanol–water partition coefficient (Wildman–Crippen LogP) is 1.82. The summed E-state index contributed by atoms with van der Waals surface area (Å²) in [5.74, 6) is -1.46. The van der Waals surface area contributed by atoms with Crippen molar-refractivity contribution in [2.75, 3.05) is 0 Å². The molecule has 0 heterocycles. The Morgan fingerprint density at radius 3 is 2.80 bits per heavy atom. The molecule has 0 aliphatic carbocycles. The molecule has 0 fully saturated rings. The van der Waals surface area contributed by atoms with Crippen LogP contribution in [0.3, 0.4) is 0 Å². The molecule has 0 aliphatic heterocycles. The monoisotopic (exact) mass is 231 g/mol. The Morgan fingerprint density at radius 1 is 1.60 bits per heavy atom. The summed E-state index contributed by atoms with van der Waals surface area (Å²) >= 11 is 5.77. The molecule has 1 atom stereocenters. The van der Waals surface area contributed by atoms with Gasteiger partial charge in [-0.05, 0) is 18.6 Å². The van der Waals surface area contributed by atoms with Crippen molar-refractivity contribution in [2.24, 2.45) is 5.73 Å². The van der Waals surface area contributed by atoms with Crippen molar-refractivity contribution in [3.63, 3.8) is 0 Å². The molecule has 0 saturated carbocycles. The number of hydrogen-bond donors (Lipinski definition) is 2. The molecule has 5 heteroatoms. The summed E-state index contributed by atoms with van der Waals surface area (Å²) in [6.45, 7) is 0. The van der Waals surface area contributed by atoms with Crippen molar-refractivity contribution in [1.29, 1.82) is 0 Å². The number of carboxylic acid groups (broad SMARTS) is 1. The van der Waals surface area contributed by atoms with Crippen molar-refractivity contribution in [1.82, 2.24) is 0 Å². The zero-order valence-electron chi connectivity index (χ0n) is 7.91. The zero-order chi connectivity index (χ0) is 11.4. The average molecular weight is 232 g/mol. The van der Waals surface area contributed by atoms with Crippen LogP contribution in [0.4, 0.5) is 4.39 Å². The van der Waals surface area contributed by atoms with E-state index in [0.29, 0.717) is 0 Å².